The quantitative estimate of drug-likeness (QED) is 0.824. The number of amides is 2. The van der Waals surface area contributed by atoms with E-state index < -0.39 is 0 Å². The molecular weight excluding hydrogens is 256 g/mol. The fraction of sp³-hybridized carbons (Fsp3) is 0.467. The monoisotopic (exact) mass is 278 g/mol. The number of phenolic OH excluding ortho intramolecular Hbond substituents is 1. The molecule has 0 aliphatic heterocycles. The maximum absolute atomic E-state index is 12.1. The van der Waals surface area contributed by atoms with Gasteiger partial charge in [0.05, 0.1) is 13.0 Å². The first-order valence-corrected chi connectivity index (χ1v) is 6.77. The SMILES string of the molecule is CCN(CC(=O)NC(C)C)C(=O)Cc1cccc(O)c1. The van der Waals surface area contributed by atoms with Crippen molar-refractivity contribution in [3.63, 3.8) is 0 Å². The number of hydrogen-bond acceptors (Lipinski definition) is 3. The average molecular weight is 278 g/mol. The maximum atomic E-state index is 12.1. The van der Waals surface area contributed by atoms with Crippen molar-refractivity contribution in [2.24, 2.45) is 0 Å². The second kappa shape index (κ2) is 7.53. The van der Waals surface area contributed by atoms with Crippen LogP contribution in [0.25, 0.3) is 0 Å². The third-order valence-electron chi connectivity index (χ3n) is 2.78. The molecule has 2 N–H and O–H groups in total. The van der Waals surface area contributed by atoms with Crippen molar-refractivity contribution in [2.45, 2.75) is 33.2 Å². The molecule has 0 bridgehead atoms. The Morgan fingerprint density at radius 3 is 2.60 bits per heavy atom. The van der Waals surface area contributed by atoms with E-state index in [1.807, 2.05) is 20.8 Å². The lowest BCUT2D eigenvalue weighted by molar-refractivity contribution is -0.135. The zero-order valence-corrected chi connectivity index (χ0v) is 12.2. The third kappa shape index (κ3) is 5.30. The molecule has 0 spiro atoms. The summed E-state index contributed by atoms with van der Waals surface area (Å²) in [6.07, 6.45) is 0.178. The molecule has 2 amide bonds. The van der Waals surface area contributed by atoms with Crippen LogP contribution in [0.1, 0.15) is 26.3 Å². The minimum atomic E-state index is -0.161. The van der Waals surface area contributed by atoms with Gasteiger partial charge in [0.1, 0.15) is 5.75 Å². The van der Waals surface area contributed by atoms with Gasteiger partial charge >= 0.3 is 0 Å². The van der Waals surface area contributed by atoms with Crippen molar-refractivity contribution in [2.75, 3.05) is 13.1 Å². The van der Waals surface area contributed by atoms with Gasteiger partial charge in [-0.05, 0) is 38.5 Å². The number of aromatic hydroxyl groups is 1. The lowest BCUT2D eigenvalue weighted by Gasteiger charge is -2.21. The van der Waals surface area contributed by atoms with E-state index in [0.29, 0.717) is 6.54 Å². The molecule has 0 aromatic heterocycles. The fourth-order valence-electron chi connectivity index (χ4n) is 1.87. The Kier molecular flexibility index (Phi) is 6.03. The number of nitrogens with one attached hydrogen (secondary N) is 1. The van der Waals surface area contributed by atoms with Gasteiger partial charge in [-0.15, -0.1) is 0 Å². The van der Waals surface area contributed by atoms with Gasteiger partial charge < -0.3 is 15.3 Å². The molecule has 1 aromatic carbocycles. The van der Waals surface area contributed by atoms with Crippen LogP contribution in [0.15, 0.2) is 24.3 Å². The van der Waals surface area contributed by atoms with Crippen LogP contribution in [-0.4, -0.2) is 41.0 Å². The van der Waals surface area contributed by atoms with Gasteiger partial charge in [-0.25, -0.2) is 0 Å². The highest BCUT2D eigenvalue weighted by Gasteiger charge is 2.16. The molecule has 0 fully saturated rings. The van der Waals surface area contributed by atoms with Crippen LogP contribution in [-0.2, 0) is 16.0 Å². The van der Waals surface area contributed by atoms with Crippen LogP contribution >= 0.6 is 0 Å². The van der Waals surface area contributed by atoms with Crippen molar-refractivity contribution < 1.29 is 14.7 Å². The Morgan fingerprint density at radius 1 is 1.35 bits per heavy atom. The minimum Gasteiger partial charge on any atom is -0.508 e. The Labute approximate surface area is 119 Å². The molecule has 20 heavy (non-hydrogen) atoms. The van der Waals surface area contributed by atoms with Crippen molar-refractivity contribution in [1.29, 1.82) is 0 Å². The maximum Gasteiger partial charge on any atom is 0.239 e. The topological polar surface area (TPSA) is 69.6 Å². The van der Waals surface area contributed by atoms with Gasteiger partial charge in [0.2, 0.25) is 11.8 Å². The molecule has 0 heterocycles. The number of hydrogen-bond donors (Lipinski definition) is 2. The largest absolute Gasteiger partial charge is 0.508 e. The molecule has 0 aliphatic rings. The number of nitrogens with zero attached hydrogens (tertiary/aromatic N) is 1. The summed E-state index contributed by atoms with van der Waals surface area (Å²) in [5, 5.41) is 12.1. The summed E-state index contributed by atoms with van der Waals surface area (Å²) in [6.45, 7) is 6.13. The van der Waals surface area contributed by atoms with E-state index in [2.05, 4.69) is 5.32 Å². The lowest BCUT2D eigenvalue weighted by Crippen LogP contribution is -2.43. The normalized spacial score (nSPS) is 10.4. The zero-order chi connectivity index (χ0) is 15.1. The molecule has 110 valence electrons. The Bertz CT molecular complexity index is 472. The van der Waals surface area contributed by atoms with Gasteiger partial charge in [0, 0.05) is 12.6 Å². The first-order chi connectivity index (χ1) is 9.42. The van der Waals surface area contributed by atoms with Crippen LogP contribution in [0.3, 0.4) is 0 Å². The molecular formula is C15H22N2O3. The number of rotatable bonds is 6. The second-order valence-corrected chi connectivity index (χ2v) is 4.98. The van der Waals surface area contributed by atoms with E-state index in [1.165, 1.54) is 4.90 Å². The van der Waals surface area contributed by atoms with E-state index >= 15 is 0 Å². The smallest absolute Gasteiger partial charge is 0.239 e. The van der Waals surface area contributed by atoms with Crippen molar-refractivity contribution in [3.05, 3.63) is 29.8 Å². The number of benzene rings is 1. The number of carbonyl (C=O) groups is 2. The molecule has 5 nitrogen and oxygen atoms in total. The highest BCUT2D eigenvalue weighted by atomic mass is 16.3. The van der Waals surface area contributed by atoms with Crippen molar-refractivity contribution in [1.82, 2.24) is 10.2 Å². The average Bonchev–Trinajstić information content (AvgIpc) is 2.34. The molecule has 1 rings (SSSR count). The first kappa shape index (κ1) is 16.0. The minimum absolute atomic E-state index is 0.0578. The standard InChI is InChI=1S/C15H22N2O3/c1-4-17(10-14(19)16-11(2)3)15(20)9-12-6-5-7-13(18)8-12/h5-8,11,18H,4,9-10H2,1-3H3,(H,16,19). The molecule has 0 unspecified atom stereocenters. The molecule has 0 aliphatic carbocycles. The molecule has 0 saturated carbocycles. The first-order valence-electron chi connectivity index (χ1n) is 6.77. The van der Waals surface area contributed by atoms with Crippen LogP contribution < -0.4 is 5.32 Å². The van der Waals surface area contributed by atoms with E-state index in [0.717, 1.165) is 5.56 Å². The summed E-state index contributed by atoms with van der Waals surface area (Å²) in [5.41, 5.74) is 0.734. The molecule has 0 atom stereocenters. The summed E-state index contributed by atoms with van der Waals surface area (Å²) in [5.74, 6) is -0.154. The van der Waals surface area contributed by atoms with Crippen LogP contribution in [0.2, 0.25) is 0 Å². The number of carbonyl (C=O) groups excluding carboxylic acids is 2. The Balaban J connectivity index is 2.61. The lowest BCUT2D eigenvalue weighted by atomic mass is 10.1. The van der Waals surface area contributed by atoms with E-state index in [9.17, 15) is 14.7 Å². The van der Waals surface area contributed by atoms with Gasteiger partial charge in [-0.2, -0.15) is 0 Å². The van der Waals surface area contributed by atoms with Crippen LogP contribution in [0.4, 0.5) is 0 Å². The highest BCUT2D eigenvalue weighted by molar-refractivity contribution is 5.85. The summed E-state index contributed by atoms with van der Waals surface area (Å²) >= 11 is 0. The van der Waals surface area contributed by atoms with E-state index in [1.54, 1.807) is 24.3 Å². The van der Waals surface area contributed by atoms with Crippen molar-refractivity contribution >= 4 is 11.8 Å². The molecule has 0 saturated heterocycles. The van der Waals surface area contributed by atoms with Gasteiger partial charge in [-0.3, -0.25) is 9.59 Å². The molecule has 0 radical (unpaired) electrons. The van der Waals surface area contributed by atoms with Gasteiger partial charge in [-0.1, -0.05) is 12.1 Å². The Morgan fingerprint density at radius 2 is 2.05 bits per heavy atom. The zero-order valence-electron chi connectivity index (χ0n) is 12.2. The summed E-state index contributed by atoms with van der Waals surface area (Å²) in [6, 6.07) is 6.64. The molecule has 5 heteroatoms. The Hall–Kier alpha value is -2.04. The summed E-state index contributed by atoms with van der Waals surface area (Å²) in [7, 11) is 0. The number of likely N-dealkylation sites (N-methyl/N-ethyl adjacent to an activating group) is 1. The van der Waals surface area contributed by atoms with Crippen LogP contribution in [0, 0.1) is 0 Å². The van der Waals surface area contributed by atoms with Crippen molar-refractivity contribution in [3.8, 4) is 5.75 Å². The summed E-state index contributed by atoms with van der Waals surface area (Å²) in [4.78, 5) is 25.3. The van der Waals surface area contributed by atoms with Gasteiger partial charge in [0.25, 0.3) is 0 Å². The predicted molar refractivity (Wildman–Crippen MR) is 77.3 cm³/mol. The fourth-order valence-corrected chi connectivity index (χ4v) is 1.87. The van der Waals surface area contributed by atoms with Crippen LogP contribution in [0.5, 0.6) is 5.75 Å². The summed E-state index contributed by atoms with van der Waals surface area (Å²) < 4.78 is 0. The predicted octanol–water partition coefficient (Wildman–Crippen LogP) is 1.31. The molecule has 1 aromatic rings. The van der Waals surface area contributed by atoms with E-state index in [4.69, 9.17) is 0 Å². The van der Waals surface area contributed by atoms with E-state index in [-0.39, 0.29) is 36.6 Å². The highest BCUT2D eigenvalue weighted by Crippen LogP contribution is 2.12. The third-order valence-corrected chi connectivity index (χ3v) is 2.78. The van der Waals surface area contributed by atoms with Gasteiger partial charge in [0.15, 0.2) is 0 Å². The second-order valence-electron chi connectivity index (χ2n) is 4.98. The number of phenols is 1.